The second-order valence-electron chi connectivity index (χ2n) is 7.55. The van der Waals surface area contributed by atoms with Gasteiger partial charge < -0.3 is 15.4 Å². The Morgan fingerprint density at radius 3 is 2.63 bits per heavy atom. The molecule has 1 aromatic heterocycles. The van der Waals surface area contributed by atoms with Crippen molar-refractivity contribution in [1.82, 2.24) is 15.6 Å². The van der Waals surface area contributed by atoms with E-state index in [4.69, 9.17) is 4.74 Å². The first-order valence-corrected chi connectivity index (χ1v) is 10.4. The lowest BCUT2D eigenvalue weighted by Gasteiger charge is -2.32. The Bertz CT molecular complexity index is 947. The van der Waals surface area contributed by atoms with E-state index in [1.54, 1.807) is 24.5 Å². The second kappa shape index (κ2) is 10.1. The zero-order valence-electron chi connectivity index (χ0n) is 17.0. The van der Waals surface area contributed by atoms with Crippen LogP contribution in [0.4, 0.5) is 0 Å². The van der Waals surface area contributed by atoms with Crippen LogP contribution in [0.15, 0.2) is 79.1 Å². The highest BCUT2D eigenvalue weighted by Gasteiger charge is 2.27. The highest BCUT2D eigenvalue weighted by Crippen LogP contribution is 2.28. The number of hydrogen-bond donors (Lipinski definition) is 2. The summed E-state index contributed by atoms with van der Waals surface area (Å²) in [6.07, 6.45) is 4.42. The van der Waals surface area contributed by atoms with Crippen molar-refractivity contribution in [2.75, 3.05) is 13.1 Å². The van der Waals surface area contributed by atoms with Gasteiger partial charge in [0.2, 0.25) is 0 Å². The number of carbonyl (C=O) groups excluding carboxylic acids is 1. The average Bonchev–Trinajstić information content (AvgIpc) is 2.83. The molecule has 0 aliphatic carbocycles. The molecular weight excluding hydrogens is 374 g/mol. The third kappa shape index (κ3) is 5.12. The van der Waals surface area contributed by atoms with E-state index >= 15 is 0 Å². The molecule has 1 amide bonds. The Hall–Kier alpha value is -3.02. The number of nitrogens with one attached hydrogen (secondary N) is 2. The summed E-state index contributed by atoms with van der Waals surface area (Å²) >= 11 is 0. The summed E-state index contributed by atoms with van der Waals surface area (Å²) in [6, 6.07) is 22.2. The summed E-state index contributed by atoms with van der Waals surface area (Å²) in [5.74, 6) is 0.268. The predicted octanol–water partition coefficient (Wildman–Crippen LogP) is 3.67. The molecule has 5 heteroatoms. The molecule has 1 saturated heterocycles. The van der Waals surface area contributed by atoms with Gasteiger partial charge in [0.25, 0.3) is 5.91 Å². The average molecular weight is 402 g/mol. The number of piperidine rings is 1. The van der Waals surface area contributed by atoms with Crippen LogP contribution in [0.1, 0.15) is 39.4 Å². The molecule has 5 nitrogen and oxygen atoms in total. The van der Waals surface area contributed by atoms with Crippen LogP contribution < -0.4 is 10.6 Å². The molecule has 1 fully saturated rings. The number of pyridine rings is 1. The van der Waals surface area contributed by atoms with Crippen molar-refractivity contribution < 1.29 is 9.53 Å². The van der Waals surface area contributed by atoms with E-state index in [2.05, 4.69) is 52.0 Å². The summed E-state index contributed by atoms with van der Waals surface area (Å²) < 4.78 is 6.38. The first-order valence-electron chi connectivity index (χ1n) is 10.4. The molecule has 3 aromatic rings. The number of nitrogens with zero attached hydrogens (tertiary/aromatic N) is 1. The monoisotopic (exact) mass is 401 g/mol. The van der Waals surface area contributed by atoms with E-state index in [0.717, 1.165) is 30.6 Å². The SMILES string of the molecule is O=C(NCc1ccccc1COC1CNCCC1c1ccccc1)c1cccnc1. The van der Waals surface area contributed by atoms with Gasteiger partial charge in [0, 0.05) is 31.4 Å². The Labute approximate surface area is 177 Å². The molecule has 0 saturated carbocycles. The first kappa shape index (κ1) is 20.3. The minimum absolute atomic E-state index is 0.124. The van der Waals surface area contributed by atoms with Crippen LogP contribution in [0, 0.1) is 0 Å². The smallest absolute Gasteiger partial charge is 0.253 e. The summed E-state index contributed by atoms with van der Waals surface area (Å²) in [7, 11) is 0. The summed E-state index contributed by atoms with van der Waals surface area (Å²) in [5, 5.41) is 6.44. The highest BCUT2D eigenvalue weighted by atomic mass is 16.5. The maximum Gasteiger partial charge on any atom is 0.253 e. The molecule has 2 aromatic carbocycles. The fourth-order valence-electron chi connectivity index (χ4n) is 3.93. The molecule has 1 aliphatic heterocycles. The molecule has 4 rings (SSSR count). The minimum atomic E-state index is -0.126. The molecule has 2 atom stereocenters. The van der Waals surface area contributed by atoms with E-state index in [1.807, 2.05) is 18.2 Å². The second-order valence-corrected chi connectivity index (χ2v) is 7.55. The van der Waals surface area contributed by atoms with E-state index < -0.39 is 0 Å². The molecule has 0 spiro atoms. The fraction of sp³-hybridized carbons (Fsp3) is 0.280. The van der Waals surface area contributed by atoms with Gasteiger partial charge in [-0.15, -0.1) is 0 Å². The van der Waals surface area contributed by atoms with E-state index in [9.17, 15) is 4.79 Å². The normalized spacial score (nSPS) is 18.7. The lowest BCUT2D eigenvalue weighted by Crippen LogP contribution is -2.41. The first-order chi connectivity index (χ1) is 14.8. The van der Waals surface area contributed by atoms with Gasteiger partial charge in [-0.2, -0.15) is 0 Å². The van der Waals surface area contributed by atoms with E-state index in [1.165, 1.54) is 5.56 Å². The molecule has 0 bridgehead atoms. The zero-order chi connectivity index (χ0) is 20.6. The van der Waals surface area contributed by atoms with Crippen LogP contribution in [0.3, 0.4) is 0 Å². The van der Waals surface area contributed by atoms with Crippen molar-refractivity contribution in [2.45, 2.75) is 31.6 Å². The van der Waals surface area contributed by atoms with Crippen LogP contribution in [0.25, 0.3) is 0 Å². The maximum absolute atomic E-state index is 12.3. The topological polar surface area (TPSA) is 63.2 Å². The molecular formula is C25H27N3O2. The third-order valence-electron chi connectivity index (χ3n) is 5.59. The van der Waals surface area contributed by atoms with E-state index in [0.29, 0.717) is 24.6 Å². The number of benzene rings is 2. The number of carbonyl (C=O) groups is 1. The van der Waals surface area contributed by atoms with Gasteiger partial charge in [0.1, 0.15) is 0 Å². The van der Waals surface area contributed by atoms with Crippen molar-refractivity contribution in [2.24, 2.45) is 0 Å². The van der Waals surface area contributed by atoms with Crippen LogP contribution >= 0.6 is 0 Å². The quantitative estimate of drug-likeness (QED) is 0.634. The van der Waals surface area contributed by atoms with Crippen molar-refractivity contribution in [1.29, 1.82) is 0 Å². The van der Waals surface area contributed by atoms with Gasteiger partial charge in [-0.25, -0.2) is 0 Å². The maximum atomic E-state index is 12.3. The van der Waals surface area contributed by atoms with Crippen LogP contribution in [-0.2, 0) is 17.9 Å². The van der Waals surface area contributed by atoms with Crippen molar-refractivity contribution >= 4 is 5.91 Å². The lowest BCUT2D eigenvalue weighted by molar-refractivity contribution is 0.0103. The van der Waals surface area contributed by atoms with E-state index in [-0.39, 0.29) is 12.0 Å². The number of aromatic nitrogens is 1. The number of rotatable bonds is 7. The Kier molecular flexibility index (Phi) is 6.85. The van der Waals surface area contributed by atoms with Crippen LogP contribution in [0.5, 0.6) is 0 Å². The van der Waals surface area contributed by atoms with Gasteiger partial charge in [-0.1, -0.05) is 54.6 Å². The standard InChI is InChI=1S/C25H27N3O2/c29-25(21-11-6-13-26-15-21)28-16-20-9-4-5-10-22(20)18-30-24-17-27-14-12-23(24)19-7-2-1-3-8-19/h1-11,13,15,23-24,27H,12,14,16-18H2,(H,28,29). The molecule has 154 valence electrons. The Morgan fingerprint density at radius 1 is 1.03 bits per heavy atom. The predicted molar refractivity (Wildman–Crippen MR) is 117 cm³/mol. The molecule has 1 aliphatic rings. The molecule has 0 radical (unpaired) electrons. The summed E-state index contributed by atoms with van der Waals surface area (Å²) in [4.78, 5) is 16.3. The van der Waals surface area contributed by atoms with Gasteiger partial charge in [0.15, 0.2) is 0 Å². The minimum Gasteiger partial charge on any atom is -0.372 e. The number of amides is 1. The van der Waals surface area contributed by atoms with Crippen LogP contribution in [0.2, 0.25) is 0 Å². The Balaban J connectivity index is 1.39. The molecule has 30 heavy (non-hydrogen) atoms. The van der Waals surface area contributed by atoms with Gasteiger partial charge >= 0.3 is 0 Å². The lowest BCUT2D eigenvalue weighted by atomic mass is 9.88. The summed E-state index contributed by atoms with van der Waals surface area (Å²) in [5.41, 5.74) is 4.06. The largest absolute Gasteiger partial charge is 0.372 e. The van der Waals surface area contributed by atoms with Crippen molar-refractivity contribution in [3.63, 3.8) is 0 Å². The van der Waals surface area contributed by atoms with Gasteiger partial charge in [0.05, 0.1) is 18.3 Å². The Morgan fingerprint density at radius 2 is 1.83 bits per heavy atom. The van der Waals surface area contributed by atoms with Gasteiger partial charge in [-0.3, -0.25) is 9.78 Å². The third-order valence-corrected chi connectivity index (χ3v) is 5.59. The van der Waals surface area contributed by atoms with Crippen molar-refractivity contribution in [3.05, 3.63) is 101 Å². The fourth-order valence-corrected chi connectivity index (χ4v) is 3.93. The van der Waals surface area contributed by atoms with Crippen molar-refractivity contribution in [3.8, 4) is 0 Å². The highest BCUT2D eigenvalue weighted by molar-refractivity contribution is 5.93. The summed E-state index contributed by atoms with van der Waals surface area (Å²) in [6.45, 7) is 2.84. The zero-order valence-corrected chi connectivity index (χ0v) is 17.0. The number of ether oxygens (including phenoxy) is 1. The molecule has 2 heterocycles. The molecule has 2 N–H and O–H groups in total. The van der Waals surface area contributed by atoms with Gasteiger partial charge in [-0.05, 0) is 41.8 Å². The molecule has 2 unspecified atom stereocenters. The van der Waals surface area contributed by atoms with Crippen LogP contribution in [-0.4, -0.2) is 30.1 Å². The number of hydrogen-bond acceptors (Lipinski definition) is 4.